The molecule has 2 fully saturated rings. The highest BCUT2D eigenvalue weighted by atomic mass is 19.2. The molecule has 0 aliphatic heterocycles. The molecule has 0 bridgehead atoms. The van der Waals surface area contributed by atoms with E-state index in [9.17, 15) is 13.6 Å². The Morgan fingerprint density at radius 1 is 1.04 bits per heavy atom. The normalized spacial score (nSPS) is 28.1. The molecule has 156 valence electrons. The van der Waals surface area contributed by atoms with Crippen molar-refractivity contribution in [2.75, 3.05) is 0 Å². The number of aromatic nitrogens is 1. The van der Waals surface area contributed by atoms with Gasteiger partial charge in [0.15, 0.2) is 11.6 Å². The van der Waals surface area contributed by atoms with E-state index in [1.54, 1.807) is 0 Å². The lowest BCUT2D eigenvalue weighted by atomic mass is 9.68. The van der Waals surface area contributed by atoms with Crippen LogP contribution in [0, 0.1) is 35.4 Å². The lowest BCUT2D eigenvalue weighted by Gasteiger charge is -2.37. The van der Waals surface area contributed by atoms with Crippen molar-refractivity contribution in [2.45, 2.75) is 84.0 Å². The number of halogens is 2. The molecule has 2 aliphatic carbocycles. The van der Waals surface area contributed by atoms with Gasteiger partial charge in [0.05, 0.1) is 12.1 Å². The largest absolute Gasteiger partial charge is 0.425 e. The zero-order valence-corrected chi connectivity index (χ0v) is 17.0. The molecule has 1 aromatic heterocycles. The minimum Gasteiger partial charge on any atom is -0.425 e. The molecule has 0 aromatic carbocycles. The van der Waals surface area contributed by atoms with Gasteiger partial charge in [-0.2, -0.15) is 4.39 Å². The number of carbonyl (C=O) groups excluding carboxylic acids is 1. The highest BCUT2D eigenvalue weighted by molar-refractivity contribution is 5.75. The molecule has 0 radical (unpaired) electrons. The van der Waals surface area contributed by atoms with E-state index in [1.807, 2.05) is 0 Å². The van der Waals surface area contributed by atoms with Crippen LogP contribution in [0.1, 0.15) is 84.0 Å². The van der Waals surface area contributed by atoms with Crippen LogP contribution >= 0.6 is 0 Å². The average molecular weight is 394 g/mol. The molecule has 28 heavy (non-hydrogen) atoms. The topological polar surface area (TPSA) is 39.2 Å². The molecule has 3 rings (SSSR count). The summed E-state index contributed by atoms with van der Waals surface area (Å²) in [4.78, 5) is 15.6. The first-order valence-electron chi connectivity index (χ1n) is 11.1. The first-order valence-corrected chi connectivity index (χ1v) is 11.1. The molecule has 0 unspecified atom stereocenters. The lowest BCUT2D eigenvalue weighted by molar-refractivity contribution is -0.140. The summed E-state index contributed by atoms with van der Waals surface area (Å²) in [5.74, 6) is -0.313. The fourth-order valence-electron chi connectivity index (χ4n) is 5.12. The number of carbonyl (C=O) groups is 1. The van der Waals surface area contributed by atoms with Crippen LogP contribution in [0.25, 0.3) is 0 Å². The van der Waals surface area contributed by atoms with Crippen LogP contribution in [0.3, 0.4) is 0 Å². The van der Waals surface area contributed by atoms with E-state index in [0.717, 1.165) is 55.7 Å². The van der Waals surface area contributed by atoms with Gasteiger partial charge in [-0.25, -0.2) is 9.37 Å². The van der Waals surface area contributed by atoms with Gasteiger partial charge < -0.3 is 4.74 Å². The van der Waals surface area contributed by atoms with Gasteiger partial charge in [0.2, 0.25) is 5.95 Å². The molecule has 0 amide bonds. The van der Waals surface area contributed by atoms with Crippen LogP contribution < -0.4 is 4.74 Å². The lowest BCUT2D eigenvalue weighted by Crippen LogP contribution is -2.30. The van der Waals surface area contributed by atoms with Gasteiger partial charge in [-0.05, 0) is 56.3 Å². The van der Waals surface area contributed by atoms with Gasteiger partial charge in [-0.1, -0.05) is 45.4 Å². The molecule has 3 nitrogen and oxygen atoms in total. The van der Waals surface area contributed by atoms with Gasteiger partial charge in [0.1, 0.15) is 0 Å². The summed E-state index contributed by atoms with van der Waals surface area (Å²) in [6.45, 7) is 2.26. The van der Waals surface area contributed by atoms with Crippen molar-refractivity contribution in [1.82, 2.24) is 4.98 Å². The summed E-state index contributed by atoms with van der Waals surface area (Å²) in [7, 11) is 0. The SMILES string of the molecule is CCCCC[C@H]1CC[C@H]([C@H]2CC[C@H](C(=O)Oc3cnc(F)c(F)c3)CC2)CC1. The Morgan fingerprint density at radius 2 is 1.68 bits per heavy atom. The molecular weight excluding hydrogens is 360 g/mol. The number of hydrogen-bond acceptors (Lipinski definition) is 3. The van der Waals surface area contributed by atoms with E-state index in [0.29, 0.717) is 0 Å². The van der Waals surface area contributed by atoms with Crippen molar-refractivity contribution in [1.29, 1.82) is 0 Å². The Morgan fingerprint density at radius 3 is 2.29 bits per heavy atom. The van der Waals surface area contributed by atoms with Crippen molar-refractivity contribution < 1.29 is 18.3 Å². The Balaban J connectivity index is 1.39. The van der Waals surface area contributed by atoms with Crippen LogP contribution in [-0.4, -0.2) is 11.0 Å². The van der Waals surface area contributed by atoms with Crippen molar-refractivity contribution in [3.8, 4) is 5.75 Å². The summed E-state index contributed by atoms with van der Waals surface area (Å²) >= 11 is 0. The number of nitrogens with zero attached hydrogens (tertiary/aromatic N) is 1. The quantitative estimate of drug-likeness (QED) is 0.303. The Hall–Kier alpha value is -1.52. The molecule has 0 spiro atoms. The van der Waals surface area contributed by atoms with Crippen molar-refractivity contribution >= 4 is 5.97 Å². The van der Waals surface area contributed by atoms with Crippen LogP contribution in [0.4, 0.5) is 8.78 Å². The predicted molar refractivity (Wildman–Crippen MR) is 105 cm³/mol. The predicted octanol–water partition coefficient (Wildman–Crippen LogP) is 6.46. The summed E-state index contributed by atoms with van der Waals surface area (Å²) in [5.41, 5.74) is 0. The first-order chi connectivity index (χ1) is 13.6. The van der Waals surface area contributed by atoms with E-state index in [-0.39, 0.29) is 17.6 Å². The number of ether oxygens (including phenoxy) is 1. The van der Waals surface area contributed by atoms with Crippen LogP contribution in [0.5, 0.6) is 5.75 Å². The van der Waals surface area contributed by atoms with Crippen LogP contribution in [0.15, 0.2) is 12.3 Å². The van der Waals surface area contributed by atoms with Crippen LogP contribution in [-0.2, 0) is 4.79 Å². The minimum atomic E-state index is -1.18. The molecule has 0 N–H and O–H groups in total. The highest BCUT2D eigenvalue weighted by Gasteiger charge is 2.33. The second kappa shape index (κ2) is 10.3. The maximum atomic E-state index is 13.2. The zero-order valence-electron chi connectivity index (χ0n) is 17.0. The fourth-order valence-corrected chi connectivity index (χ4v) is 5.12. The summed E-state index contributed by atoms with van der Waals surface area (Å²) in [6, 6.07) is 0.880. The molecule has 0 atom stereocenters. The Labute approximate surface area is 167 Å². The highest BCUT2D eigenvalue weighted by Crippen LogP contribution is 2.42. The Bertz CT molecular complexity index is 635. The van der Waals surface area contributed by atoms with E-state index < -0.39 is 11.8 Å². The number of pyridine rings is 1. The monoisotopic (exact) mass is 393 g/mol. The molecule has 2 aliphatic rings. The number of unbranched alkanes of at least 4 members (excludes halogenated alkanes) is 2. The van der Waals surface area contributed by atoms with Gasteiger partial charge in [0, 0.05) is 6.07 Å². The molecule has 5 heteroatoms. The number of rotatable bonds is 7. The summed E-state index contributed by atoms with van der Waals surface area (Å²) in [6.07, 6.45) is 15.7. The second-order valence-electron chi connectivity index (χ2n) is 8.75. The zero-order chi connectivity index (χ0) is 19.9. The third-order valence-electron chi connectivity index (χ3n) is 6.87. The Kier molecular flexibility index (Phi) is 7.81. The molecule has 1 heterocycles. The van der Waals surface area contributed by atoms with Crippen LogP contribution in [0.2, 0.25) is 0 Å². The van der Waals surface area contributed by atoms with E-state index in [4.69, 9.17) is 4.74 Å². The molecule has 0 saturated heterocycles. The maximum absolute atomic E-state index is 13.2. The number of esters is 1. The summed E-state index contributed by atoms with van der Waals surface area (Å²) < 4.78 is 31.3. The summed E-state index contributed by atoms with van der Waals surface area (Å²) in [5, 5.41) is 0. The molecule has 2 saturated carbocycles. The third kappa shape index (κ3) is 5.74. The molecular formula is C23H33F2NO2. The number of hydrogen-bond donors (Lipinski definition) is 0. The minimum absolute atomic E-state index is 0.0209. The fraction of sp³-hybridized carbons (Fsp3) is 0.739. The van der Waals surface area contributed by atoms with Gasteiger partial charge >= 0.3 is 5.97 Å². The standard InChI is InChI=1S/C23H33F2NO2/c1-2-3-4-5-16-6-8-17(9-7-16)18-10-12-19(13-11-18)23(27)28-20-14-21(24)22(25)26-15-20/h14-19H,2-13H2,1H3/t16-,17-,18-,19-. The average Bonchev–Trinajstić information content (AvgIpc) is 2.72. The van der Waals surface area contributed by atoms with Crippen molar-refractivity contribution in [2.24, 2.45) is 23.7 Å². The van der Waals surface area contributed by atoms with E-state index in [2.05, 4.69) is 11.9 Å². The third-order valence-corrected chi connectivity index (χ3v) is 6.87. The second-order valence-corrected chi connectivity index (χ2v) is 8.75. The molecule has 1 aromatic rings. The van der Waals surface area contributed by atoms with Gasteiger partial charge in [0.25, 0.3) is 0 Å². The van der Waals surface area contributed by atoms with E-state index >= 15 is 0 Å². The first kappa shape index (κ1) is 21.2. The van der Waals surface area contributed by atoms with Gasteiger partial charge in [-0.3, -0.25) is 4.79 Å². The van der Waals surface area contributed by atoms with Gasteiger partial charge in [-0.15, -0.1) is 0 Å². The maximum Gasteiger partial charge on any atom is 0.314 e. The van der Waals surface area contributed by atoms with Crippen molar-refractivity contribution in [3.63, 3.8) is 0 Å². The smallest absolute Gasteiger partial charge is 0.314 e. The van der Waals surface area contributed by atoms with Crippen molar-refractivity contribution in [3.05, 3.63) is 24.0 Å². The van der Waals surface area contributed by atoms with E-state index in [1.165, 1.54) is 51.4 Å².